The van der Waals surface area contributed by atoms with Gasteiger partial charge in [0.25, 0.3) is 5.91 Å². The number of para-hydroxylation sites is 2. The molecule has 28 heavy (non-hydrogen) atoms. The highest BCUT2D eigenvalue weighted by molar-refractivity contribution is 6.07. The Hall–Kier alpha value is -3.34. The van der Waals surface area contributed by atoms with Crippen LogP contribution in [-0.4, -0.2) is 19.0 Å². The van der Waals surface area contributed by atoms with Crippen LogP contribution in [0.3, 0.4) is 0 Å². The smallest absolute Gasteiger partial charge is 0.258 e. The van der Waals surface area contributed by atoms with Crippen LogP contribution in [0.15, 0.2) is 79.1 Å². The summed E-state index contributed by atoms with van der Waals surface area (Å²) in [4.78, 5) is 17.4. The molecule has 142 valence electrons. The van der Waals surface area contributed by atoms with Crippen LogP contribution < -0.4 is 14.5 Å². The van der Waals surface area contributed by atoms with E-state index in [1.807, 2.05) is 29.2 Å². The Kier molecular flexibility index (Phi) is 4.98. The number of hydrogen-bond acceptors (Lipinski definition) is 3. The average Bonchev–Trinajstić information content (AvgIpc) is 2.85. The van der Waals surface area contributed by atoms with Gasteiger partial charge in [-0.3, -0.25) is 4.79 Å². The van der Waals surface area contributed by atoms with E-state index in [2.05, 4.69) is 42.2 Å². The minimum Gasteiger partial charge on any atom is -0.619 e. The van der Waals surface area contributed by atoms with E-state index in [9.17, 15) is 10.0 Å². The van der Waals surface area contributed by atoms with Crippen molar-refractivity contribution >= 4 is 17.3 Å². The van der Waals surface area contributed by atoms with Crippen LogP contribution in [0.5, 0.6) is 0 Å². The van der Waals surface area contributed by atoms with Crippen molar-refractivity contribution in [3.63, 3.8) is 0 Å². The second kappa shape index (κ2) is 7.72. The first kappa shape index (κ1) is 18.0. The van der Waals surface area contributed by atoms with Crippen molar-refractivity contribution < 1.29 is 9.52 Å². The lowest BCUT2D eigenvalue weighted by Gasteiger charge is -2.27. The summed E-state index contributed by atoms with van der Waals surface area (Å²) in [6.45, 7) is 4.46. The van der Waals surface area contributed by atoms with Crippen molar-refractivity contribution in [2.45, 2.75) is 13.5 Å². The minimum atomic E-state index is -0.0820. The van der Waals surface area contributed by atoms with Gasteiger partial charge >= 0.3 is 0 Å². The molecule has 0 spiro atoms. The third-order valence-electron chi connectivity index (χ3n) is 5.05. The second-order valence-electron chi connectivity index (χ2n) is 7.32. The third kappa shape index (κ3) is 3.69. The van der Waals surface area contributed by atoms with Gasteiger partial charge in [0.1, 0.15) is 0 Å². The molecule has 0 fully saturated rings. The lowest BCUT2D eigenvalue weighted by Crippen LogP contribution is -2.35. The fraction of sp³-hybridized carbons (Fsp3) is 0.217. The maximum atomic E-state index is 13.2. The second-order valence-corrected chi connectivity index (χ2v) is 7.32. The van der Waals surface area contributed by atoms with Crippen LogP contribution >= 0.6 is 0 Å². The number of benzene rings is 2. The van der Waals surface area contributed by atoms with E-state index < -0.39 is 0 Å². The van der Waals surface area contributed by atoms with E-state index in [0.29, 0.717) is 22.8 Å². The van der Waals surface area contributed by atoms with E-state index in [4.69, 9.17) is 0 Å². The predicted octanol–water partition coefficient (Wildman–Crippen LogP) is 3.62. The maximum absolute atomic E-state index is 13.2. The van der Waals surface area contributed by atoms with Crippen LogP contribution in [0.2, 0.25) is 0 Å². The molecule has 1 amide bonds. The highest BCUT2D eigenvalue weighted by Gasteiger charge is 2.28. The standard InChI is InChI=1S/C23H23N3O2/c1-18-15-24(17-19-7-3-2-4-8-19)21-9-5-6-10-22(21)26(16-18)23(27)20-11-13-25(28)14-12-20/h2-14,18H,15-17H2,1H3/t18-/m1/s1. The number of fused-ring (bicyclic) bond motifs is 1. The number of anilines is 2. The molecule has 1 aliphatic heterocycles. The van der Waals surface area contributed by atoms with E-state index in [1.54, 1.807) is 12.1 Å². The van der Waals surface area contributed by atoms with E-state index >= 15 is 0 Å². The Bertz CT molecular complexity index is 957. The summed E-state index contributed by atoms with van der Waals surface area (Å²) >= 11 is 0. The predicted molar refractivity (Wildman–Crippen MR) is 110 cm³/mol. The molecule has 0 unspecified atom stereocenters. The van der Waals surface area contributed by atoms with Crippen LogP contribution in [0.25, 0.3) is 0 Å². The Labute approximate surface area is 165 Å². The summed E-state index contributed by atoms with van der Waals surface area (Å²) in [7, 11) is 0. The third-order valence-corrected chi connectivity index (χ3v) is 5.05. The van der Waals surface area contributed by atoms with E-state index in [1.165, 1.54) is 18.0 Å². The van der Waals surface area contributed by atoms with E-state index in [-0.39, 0.29) is 5.91 Å². The first-order chi connectivity index (χ1) is 13.6. The van der Waals surface area contributed by atoms with E-state index in [0.717, 1.165) is 24.5 Å². The molecule has 0 N–H and O–H groups in total. The van der Waals surface area contributed by atoms with Crippen molar-refractivity contribution in [1.29, 1.82) is 0 Å². The fourth-order valence-electron chi connectivity index (χ4n) is 3.76. The number of nitrogens with zero attached hydrogens (tertiary/aromatic N) is 3. The van der Waals surface area contributed by atoms with Gasteiger partial charge < -0.3 is 15.0 Å². The molecule has 0 radical (unpaired) electrons. The highest BCUT2D eigenvalue weighted by Crippen LogP contribution is 2.35. The lowest BCUT2D eigenvalue weighted by molar-refractivity contribution is -0.605. The van der Waals surface area contributed by atoms with Crippen molar-refractivity contribution in [2.75, 3.05) is 22.9 Å². The molecule has 5 heteroatoms. The summed E-state index contributed by atoms with van der Waals surface area (Å²) < 4.78 is 0.692. The zero-order chi connectivity index (χ0) is 19.5. The normalized spacial score (nSPS) is 16.4. The monoisotopic (exact) mass is 373 g/mol. The van der Waals surface area contributed by atoms with Crippen molar-refractivity contribution in [1.82, 2.24) is 0 Å². The zero-order valence-electron chi connectivity index (χ0n) is 15.9. The molecule has 1 aliphatic rings. The quantitative estimate of drug-likeness (QED) is 0.520. The molecule has 1 atom stereocenters. The Balaban J connectivity index is 1.70. The molecule has 1 aromatic heterocycles. The van der Waals surface area contributed by atoms with Gasteiger partial charge in [-0.2, -0.15) is 4.73 Å². The molecule has 3 aromatic rings. The zero-order valence-corrected chi connectivity index (χ0v) is 15.9. The first-order valence-electron chi connectivity index (χ1n) is 9.50. The van der Waals surface area contributed by atoms with Gasteiger partial charge in [-0.05, 0) is 23.6 Å². The van der Waals surface area contributed by atoms with Crippen LogP contribution in [0.1, 0.15) is 22.8 Å². The number of rotatable bonds is 3. The molecule has 0 bridgehead atoms. The van der Waals surface area contributed by atoms with Crippen molar-refractivity contribution in [2.24, 2.45) is 5.92 Å². The van der Waals surface area contributed by atoms with Crippen LogP contribution in [0.4, 0.5) is 11.4 Å². The number of hydrogen-bond donors (Lipinski definition) is 0. The largest absolute Gasteiger partial charge is 0.619 e. The Morgan fingerprint density at radius 1 is 0.964 bits per heavy atom. The molecule has 5 nitrogen and oxygen atoms in total. The summed E-state index contributed by atoms with van der Waals surface area (Å²) in [5, 5.41) is 11.3. The number of amides is 1. The Morgan fingerprint density at radius 3 is 2.32 bits per heavy atom. The lowest BCUT2D eigenvalue weighted by atomic mass is 10.1. The molecule has 2 heterocycles. The molecular weight excluding hydrogens is 350 g/mol. The van der Waals surface area contributed by atoms with Gasteiger partial charge in [-0.15, -0.1) is 0 Å². The summed E-state index contributed by atoms with van der Waals surface area (Å²) in [5.74, 6) is 0.217. The first-order valence-corrected chi connectivity index (χ1v) is 9.50. The molecule has 0 aliphatic carbocycles. The van der Waals surface area contributed by atoms with Crippen LogP contribution in [0, 0.1) is 11.1 Å². The van der Waals surface area contributed by atoms with Gasteiger partial charge in [-0.25, -0.2) is 0 Å². The maximum Gasteiger partial charge on any atom is 0.258 e. The van der Waals surface area contributed by atoms with Gasteiger partial charge in [0.2, 0.25) is 0 Å². The molecule has 4 rings (SSSR count). The van der Waals surface area contributed by atoms with Gasteiger partial charge in [0, 0.05) is 31.8 Å². The fourth-order valence-corrected chi connectivity index (χ4v) is 3.76. The van der Waals surface area contributed by atoms with Crippen molar-refractivity contribution in [3.8, 4) is 0 Å². The van der Waals surface area contributed by atoms with Gasteiger partial charge in [0.15, 0.2) is 12.4 Å². The minimum absolute atomic E-state index is 0.0820. The molecular formula is C23H23N3O2. The molecule has 0 saturated carbocycles. The van der Waals surface area contributed by atoms with Crippen LogP contribution in [-0.2, 0) is 6.54 Å². The summed E-state index contributed by atoms with van der Waals surface area (Å²) in [6.07, 6.45) is 2.73. The Morgan fingerprint density at radius 2 is 1.61 bits per heavy atom. The highest BCUT2D eigenvalue weighted by atomic mass is 16.5. The number of aromatic nitrogens is 1. The molecule has 0 saturated heterocycles. The summed E-state index contributed by atoms with van der Waals surface area (Å²) in [5.41, 5.74) is 3.73. The van der Waals surface area contributed by atoms with Gasteiger partial charge in [0.05, 0.1) is 16.9 Å². The topological polar surface area (TPSA) is 50.5 Å². The van der Waals surface area contributed by atoms with Gasteiger partial charge in [-0.1, -0.05) is 49.4 Å². The SMILES string of the molecule is C[C@@H]1CN(Cc2ccccc2)c2ccccc2N(C(=O)c2cc[n+]([O-])cc2)C1. The molecule has 2 aromatic carbocycles. The summed E-state index contributed by atoms with van der Waals surface area (Å²) in [6, 6.07) is 21.6. The number of pyridine rings is 1. The average molecular weight is 373 g/mol. The number of carbonyl (C=O) groups is 1. The van der Waals surface area contributed by atoms with Crippen molar-refractivity contribution in [3.05, 3.63) is 95.5 Å². The number of carbonyl (C=O) groups excluding carboxylic acids is 1.